The summed E-state index contributed by atoms with van der Waals surface area (Å²) in [6.07, 6.45) is 2.19. The van der Waals surface area contributed by atoms with E-state index in [0.717, 1.165) is 25.9 Å². The predicted octanol–water partition coefficient (Wildman–Crippen LogP) is 1.44. The Morgan fingerprint density at radius 3 is 2.23 bits per heavy atom. The van der Waals surface area contributed by atoms with Crippen LogP contribution in [-0.4, -0.2) is 46.9 Å². The Bertz CT molecular complexity index is 488. The van der Waals surface area contributed by atoms with Crippen molar-refractivity contribution in [3.63, 3.8) is 0 Å². The summed E-state index contributed by atoms with van der Waals surface area (Å²) in [5.74, 6) is 1.85. The molecule has 1 fully saturated rings. The van der Waals surface area contributed by atoms with Crippen molar-refractivity contribution in [2.45, 2.75) is 12.8 Å². The van der Waals surface area contributed by atoms with Crippen LogP contribution in [0.3, 0.4) is 0 Å². The van der Waals surface area contributed by atoms with Crippen molar-refractivity contribution in [2.75, 3.05) is 41.0 Å². The molecule has 1 aromatic rings. The molecular formula is C16H24N2O4. The number of nitrogens with one attached hydrogen (secondary N) is 2. The number of carbonyl (C=O) groups is 1. The average Bonchev–Trinajstić information content (AvgIpc) is 2.59. The van der Waals surface area contributed by atoms with Crippen LogP contribution in [0.25, 0.3) is 0 Å². The lowest BCUT2D eigenvalue weighted by molar-refractivity contribution is 0.0943. The topological polar surface area (TPSA) is 68.8 Å². The van der Waals surface area contributed by atoms with E-state index in [2.05, 4.69) is 10.6 Å². The van der Waals surface area contributed by atoms with E-state index in [9.17, 15) is 4.79 Å². The molecule has 1 aromatic carbocycles. The van der Waals surface area contributed by atoms with Crippen molar-refractivity contribution in [1.82, 2.24) is 10.6 Å². The lowest BCUT2D eigenvalue weighted by Gasteiger charge is -2.22. The van der Waals surface area contributed by atoms with Crippen molar-refractivity contribution in [3.8, 4) is 17.2 Å². The number of rotatable bonds is 6. The van der Waals surface area contributed by atoms with E-state index in [-0.39, 0.29) is 5.91 Å². The first-order valence-corrected chi connectivity index (χ1v) is 7.48. The Labute approximate surface area is 131 Å². The Morgan fingerprint density at radius 1 is 1.14 bits per heavy atom. The van der Waals surface area contributed by atoms with E-state index in [1.165, 1.54) is 21.3 Å². The van der Waals surface area contributed by atoms with Gasteiger partial charge in [0.25, 0.3) is 5.91 Å². The minimum absolute atomic E-state index is 0.127. The number of piperidine rings is 1. The molecule has 22 heavy (non-hydrogen) atoms. The van der Waals surface area contributed by atoms with Gasteiger partial charge in [-0.1, -0.05) is 0 Å². The maximum atomic E-state index is 12.3. The second-order valence-electron chi connectivity index (χ2n) is 5.32. The minimum Gasteiger partial charge on any atom is -0.493 e. The molecule has 0 radical (unpaired) electrons. The number of hydrogen-bond donors (Lipinski definition) is 2. The van der Waals surface area contributed by atoms with Gasteiger partial charge in [0, 0.05) is 12.1 Å². The number of ether oxygens (including phenoxy) is 3. The summed E-state index contributed by atoms with van der Waals surface area (Å²) in [6.45, 7) is 2.73. The fraction of sp³-hybridized carbons (Fsp3) is 0.562. The molecule has 1 saturated heterocycles. The van der Waals surface area contributed by atoms with Gasteiger partial charge in [-0.2, -0.15) is 0 Å². The van der Waals surface area contributed by atoms with Gasteiger partial charge in [0.1, 0.15) is 0 Å². The smallest absolute Gasteiger partial charge is 0.251 e. The number of amides is 1. The molecule has 0 spiro atoms. The summed E-state index contributed by atoms with van der Waals surface area (Å²) in [5, 5.41) is 6.31. The van der Waals surface area contributed by atoms with Gasteiger partial charge >= 0.3 is 0 Å². The van der Waals surface area contributed by atoms with Gasteiger partial charge in [-0.25, -0.2) is 0 Å². The lowest BCUT2D eigenvalue weighted by atomic mass is 9.98. The number of benzene rings is 1. The molecule has 2 N–H and O–H groups in total. The monoisotopic (exact) mass is 308 g/mol. The van der Waals surface area contributed by atoms with Crippen LogP contribution < -0.4 is 24.8 Å². The van der Waals surface area contributed by atoms with Gasteiger partial charge in [0.15, 0.2) is 11.5 Å². The molecule has 2 rings (SSSR count). The quantitative estimate of drug-likeness (QED) is 0.832. The van der Waals surface area contributed by atoms with E-state index >= 15 is 0 Å². The molecule has 0 atom stereocenters. The summed E-state index contributed by atoms with van der Waals surface area (Å²) in [6, 6.07) is 3.33. The zero-order chi connectivity index (χ0) is 15.9. The molecule has 1 heterocycles. The van der Waals surface area contributed by atoms with Crippen molar-refractivity contribution in [2.24, 2.45) is 5.92 Å². The van der Waals surface area contributed by atoms with Gasteiger partial charge in [-0.05, 0) is 44.0 Å². The van der Waals surface area contributed by atoms with Crippen molar-refractivity contribution < 1.29 is 19.0 Å². The number of carbonyl (C=O) groups excluding carboxylic acids is 1. The first-order chi connectivity index (χ1) is 10.7. The predicted molar refractivity (Wildman–Crippen MR) is 84.0 cm³/mol. The van der Waals surface area contributed by atoms with Gasteiger partial charge in [-0.15, -0.1) is 0 Å². The normalized spacial score (nSPS) is 15.2. The summed E-state index contributed by atoms with van der Waals surface area (Å²) >= 11 is 0. The highest BCUT2D eigenvalue weighted by atomic mass is 16.5. The molecule has 122 valence electrons. The van der Waals surface area contributed by atoms with Crippen molar-refractivity contribution in [1.29, 1.82) is 0 Å². The summed E-state index contributed by atoms with van der Waals surface area (Å²) in [7, 11) is 4.61. The zero-order valence-corrected chi connectivity index (χ0v) is 13.4. The highest BCUT2D eigenvalue weighted by Gasteiger charge is 2.18. The SMILES string of the molecule is COc1cc(C(=O)NCC2CCNCC2)cc(OC)c1OC. The average molecular weight is 308 g/mol. The van der Waals surface area contributed by atoms with Crippen LogP contribution in [0.4, 0.5) is 0 Å². The molecule has 1 aliphatic heterocycles. The standard InChI is InChI=1S/C16H24N2O4/c1-20-13-8-12(9-14(21-2)15(13)22-3)16(19)18-10-11-4-6-17-7-5-11/h8-9,11,17H,4-7,10H2,1-3H3,(H,18,19). The molecule has 0 saturated carbocycles. The largest absolute Gasteiger partial charge is 0.493 e. The van der Waals surface area contributed by atoms with Crippen LogP contribution in [0.2, 0.25) is 0 Å². The number of hydrogen-bond acceptors (Lipinski definition) is 5. The molecule has 0 unspecified atom stereocenters. The third kappa shape index (κ3) is 3.82. The van der Waals surface area contributed by atoms with Crippen LogP contribution in [0.1, 0.15) is 23.2 Å². The summed E-state index contributed by atoms with van der Waals surface area (Å²) < 4.78 is 15.8. The molecular weight excluding hydrogens is 284 g/mol. The fourth-order valence-corrected chi connectivity index (χ4v) is 2.64. The minimum atomic E-state index is -0.127. The second-order valence-corrected chi connectivity index (χ2v) is 5.32. The van der Waals surface area contributed by atoms with Crippen LogP contribution in [0, 0.1) is 5.92 Å². The van der Waals surface area contributed by atoms with Gasteiger partial charge in [0.2, 0.25) is 5.75 Å². The third-order valence-corrected chi connectivity index (χ3v) is 3.94. The van der Waals surface area contributed by atoms with E-state index in [1.807, 2.05) is 0 Å². The first kappa shape index (κ1) is 16.4. The molecule has 0 aromatic heterocycles. The summed E-state index contributed by atoms with van der Waals surface area (Å²) in [4.78, 5) is 12.3. The van der Waals surface area contributed by atoms with E-state index < -0.39 is 0 Å². The maximum Gasteiger partial charge on any atom is 0.251 e. The van der Waals surface area contributed by atoms with Crippen LogP contribution in [-0.2, 0) is 0 Å². The Hall–Kier alpha value is -1.95. The summed E-state index contributed by atoms with van der Waals surface area (Å²) in [5.41, 5.74) is 0.503. The zero-order valence-electron chi connectivity index (χ0n) is 13.4. The Balaban J connectivity index is 2.08. The van der Waals surface area contributed by atoms with Gasteiger partial charge < -0.3 is 24.8 Å². The first-order valence-electron chi connectivity index (χ1n) is 7.48. The molecule has 1 amide bonds. The maximum absolute atomic E-state index is 12.3. The number of methoxy groups -OCH3 is 3. The molecule has 6 nitrogen and oxygen atoms in total. The van der Waals surface area contributed by atoms with E-state index in [0.29, 0.717) is 35.3 Å². The highest BCUT2D eigenvalue weighted by molar-refractivity contribution is 5.95. The van der Waals surface area contributed by atoms with Crippen LogP contribution in [0.15, 0.2) is 12.1 Å². The Kier molecular flexibility index (Phi) is 5.89. The molecule has 0 aliphatic carbocycles. The highest BCUT2D eigenvalue weighted by Crippen LogP contribution is 2.38. The fourth-order valence-electron chi connectivity index (χ4n) is 2.64. The van der Waals surface area contributed by atoms with Crippen molar-refractivity contribution in [3.05, 3.63) is 17.7 Å². The lowest BCUT2D eigenvalue weighted by Crippen LogP contribution is -2.36. The van der Waals surface area contributed by atoms with Crippen LogP contribution >= 0.6 is 0 Å². The molecule has 0 bridgehead atoms. The van der Waals surface area contributed by atoms with E-state index in [4.69, 9.17) is 14.2 Å². The second kappa shape index (κ2) is 7.89. The van der Waals surface area contributed by atoms with Gasteiger partial charge in [-0.3, -0.25) is 4.79 Å². The van der Waals surface area contributed by atoms with Crippen LogP contribution in [0.5, 0.6) is 17.2 Å². The van der Waals surface area contributed by atoms with E-state index in [1.54, 1.807) is 12.1 Å². The molecule has 1 aliphatic rings. The molecule has 6 heteroatoms. The van der Waals surface area contributed by atoms with Gasteiger partial charge in [0.05, 0.1) is 21.3 Å². The third-order valence-electron chi connectivity index (χ3n) is 3.94. The van der Waals surface area contributed by atoms with Crippen molar-refractivity contribution >= 4 is 5.91 Å². The Morgan fingerprint density at radius 2 is 1.73 bits per heavy atom.